The summed E-state index contributed by atoms with van der Waals surface area (Å²) in [4.78, 5) is 0. The largest absolute Gasteiger partial charge is 0.384 e. The molecule has 0 radical (unpaired) electrons. The van der Waals surface area contributed by atoms with Crippen molar-refractivity contribution in [1.82, 2.24) is 0 Å². The van der Waals surface area contributed by atoms with Crippen LogP contribution >= 0.6 is 0 Å². The molecule has 1 heteroatoms. The van der Waals surface area contributed by atoms with Crippen LogP contribution in [0, 0.1) is 0 Å². The molecule has 0 saturated heterocycles. The van der Waals surface area contributed by atoms with Crippen molar-refractivity contribution in [3.63, 3.8) is 0 Å². The second kappa shape index (κ2) is 5.66. The predicted molar refractivity (Wildman–Crippen MR) is 69.2 cm³/mol. The predicted octanol–water partition coefficient (Wildman–Crippen LogP) is 4.02. The van der Waals surface area contributed by atoms with Crippen molar-refractivity contribution < 1.29 is 5.11 Å². The average Bonchev–Trinajstić information content (AvgIpc) is 2.25. The number of hydrogen-bond donors (Lipinski definition) is 1. The van der Waals surface area contributed by atoms with E-state index in [0.29, 0.717) is 0 Å². The molecule has 86 valence electrons. The van der Waals surface area contributed by atoms with Gasteiger partial charge in [0.1, 0.15) is 6.10 Å². The van der Waals surface area contributed by atoms with Gasteiger partial charge in [-0.15, -0.1) is 0 Å². The van der Waals surface area contributed by atoms with E-state index in [0.717, 1.165) is 16.7 Å². The van der Waals surface area contributed by atoms with Crippen molar-refractivity contribution in [2.75, 3.05) is 0 Å². The molecule has 1 aromatic rings. The topological polar surface area (TPSA) is 20.2 Å². The van der Waals surface area contributed by atoms with Gasteiger partial charge in [0.2, 0.25) is 0 Å². The molecule has 0 amide bonds. The van der Waals surface area contributed by atoms with Crippen LogP contribution in [0.3, 0.4) is 0 Å². The molecule has 0 aliphatic rings. The van der Waals surface area contributed by atoms with Crippen LogP contribution in [-0.4, -0.2) is 5.11 Å². The molecule has 0 heterocycles. The first kappa shape index (κ1) is 12.7. The molecule has 0 aromatic heterocycles. The van der Waals surface area contributed by atoms with Gasteiger partial charge in [-0.25, -0.2) is 0 Å². The van der Waals surface area contributed by atoms with Gasteiger partial charge in [-0.1, -0.05) is 47.6 Å². The van der Waals surface area contributed by atoms with Crippen LogP contribution in [0.1, 0.15) is 39.4 Å². The van der Waals surface area contributed by atoms with Gasteiger partial charge in [-0.2, -0.15) is 0 Å². The molecule has 0 bridgehead atoms. The van der Waals surface area contributed by atoms with Crippen LogP contribution < -0.4 is 0 Å². The van der Waals surface area contributed by atoms with Crippen molar-refractivity contribution in [2.45, 2.75) is 33.8 Å². The first-order chi connectivity index (χ1) is 7.52. The molecule has 0 fully saturated rings. The summed E-state index contributed by atoms with van der Waals surface area (Å²) in [6, 6.07) is 9.76. The van der Waals surface area contributed by atoms with E-state index in [1.807, 2.05) is 64.1 Å². The zero-order valence-electron chi connectivity index (χ0n) is 10.5. The fraction of sp³-hybridized carbons (Fsp3) is 0.333. The quantitative estimate of drug-likeness (QED) is 0.756. The molecule has 1 rings (SSSR count). The summed E-state index contributed by atoms with van der Waals surface area (Å²) in [5.41, 5.74) is 4.28. The second-order valence-corrected chi connectivity index (χ2v) is 4.49. The third-order valence-corrected chi connectivity index (χ3v) is 2.43. The number of aliphatic hydroxyl groups is 1. The van der Waals surface area contributed by atoms with E-state index in [-0.39, 0.29) is 0 Å². The molecular weight excluding hydrogens is 196 g/mol. The summed E-state index contributed by atoms with van der Waals surface area (Å²) in [5, 5.41) is 10.3. The molecule has 1 unspecified atom stereocenters. The maximum absolute atomic E-state index is 10.3. The molecule has 1 N–H and O–H groups in total. The summed E-state index contributed by atoms with van der Waals surface area (Å²) in [7, 11) is 0. The van der Waals surface area contributed by atoms with Gasteiger partial charge in [-0.3, -0.25) is 0 Å². The van der Waals surface area contributed by atoms with E-state index in [1.54, 1.807) is 0 Å². The van der Waals surface area contributed by atoms with Gasteiger partial charge in [0.25, 0.3) is 0 Å². The van der Waals surface area contributed by atoms with Crippen molar-refractivity contribution in [1.29, 1.82) is 0 Å². The third kappa shape index (κ3) is 3.35. The lowest BCUT2D eigenvalue weighted by molar-refractivity contribution is 0.218. The molecular formula is C15H20O. The first-order valence-corrected chi connectivity index (χ1v) is 5.57. The summed E-state index contributed by atoms with van der Waals surface area (Å²) in [6.45, 7) is 8.14. The molecule has 1 aromatic carbocycles. The lowest BCUT2D eigenvalue weighted by Crippen LogP contribution is -2.01. The Balaban J connectivity index is 3.08. The summed E-state index contributed by atoms with van der Waals surface area (Å²) in [6.07, 6.45) is 1.52. The second-order valence-electron chi connectivity index (χ2n) is 4.49. The van der Waals surface area contributed by atoms with Crippen molar-refractivity contribution in [2.24, 2.45) is 0 Å². The van der Waals surface area contributed by atoms with Gasteiger partial charge >= 0.3 is 0 Å². The van der Waals surface area contributed by atoms with Crippen molar-refractivity contribution in [3.05, 3.63) is 58.7 Å². The Kier molecular flexibility index (Phi) is 4.51. The van der Waals surface area contributed by atoms with E-state index in [2.05, 4.69) is 0 Å². The minimum absolute atomic E-state index is 0.527. The maximum Gasteiger partial charge on any atom is 0.104 e. The summed E-state index contributed by atoms with van der Waals surface area (Å²) >= 11 is 0. The van der Waals surface area contributed by atoms with Gasteiger partial charge in [-0.05, 0) is 38.8 Å². The Labute approximate surface area is 98.1 Å². The zero-order valence-corrected chi connectivity index (χ0v) is 10.5. The summed E-state index contributed by atoms with van der Waals surface area (Å²) in [5.74, 6) is 0. The van der Waals surface area contributed by atoms with E-state index in [4.69, 9.17) is 0 Å². The van der Waals surface area contributed by atoms with Crippen LogP contribution in [0.5, 0.6) is 0 Å². The number of aliphatic hydroxyl groups excluding tert-OH is 1. The maximum atomic E-state index is 10.3. The van der Waals surface area contributed by atoms with Crippen LogP contribution in [0.4, 0.5) is 0 Å². The minimum Gasteiger partial charge on any atom is -0.384 e. The SMILES string of the molecule is CC(C)=CC(=C(C)C)C(O)c1ccccc1. The lowest BCUT2D eigenvalue weighted by Gasteiger charge is -2.15. The molecule has 1 atom stereocenters. The Hall–Kier alpha value is -1.34. The fourth-order valence-corrected chi connectivity index (χ4v) is 1.62. The number of hydrogen-bond acceptors (Lipinski definition) is 1. The van der Waals surface area contributed by atoms with Gasteiger partial charge < -0.3 is 5.11 Å². The number of allylic oxidation sites excluding steroid dienone is 2. The highest BCUT2D eigenvalue weighted by molar-refractivity contribution is 5.36. The van der Waals surface area contributed by atoms with Crippen LogP contribution in [0.15, 0.2) is 53.1 Å². The normalized spacial score (nSPS) is 11.8. The molecule has 0 aliphatic heterocycles. The molecule has 0 spiro atoms. The van der Waals surface area contributed by atoms with E-state index in [9.17, 15) is 5.11 Å². The highest BCUT2D eigenvalue weighted by Gasteiger charge is 2.12. The summed E-state index contributed by atoms with van der Waals surface area (Å²) < 4.78 is 0. The van der Waals surface area contributed by atoms with Crippen LogP contribution in [-0.2, 0) is 0 Å². The Morgan fingerprint density at radius 2 is 1.62 bits per heavy atom. The van der Waals surface area contributed by atoms with E-state index in [1.165, 1.54) is 5.57 Å². The van der Waals surface area contributed by atoms with E-state index < -0.39 is 6.10 Å². The zero-order chi connectivity index (χ0) is 12.1. The average molecular weight is 216 g/mol. The molecule has 1 nitrogen and oxygen atoms in total. The number of rotatable bonds is 3. The third-order valence-electron chi connectivity index (χ3n) is 2.43. The van der Waals surface area contributed by atoms with Crippen LogP contribution in [0.2, 0.25) is 0 Å². The Morgan fingerprint density at radius 3 is 2.06 bits per heavy atom. The smallest absolute Gasteiger partial charge is 0.104 e. The highest BCUT2D eigenvalue weighted by Crippen LogP contribution is 2.25. The van der Waals surface area contributed by atoms with Gasteiger partial charge in [0.05, 0.1) is 0 Å². The molecule has 16 heavy (non-hydrogen) atoms. The minimum atomic E-state index is -0.527. The van der Waals surface area contributed by atoms with Gasteiger partial charge in [0, 0.05) is 0 Å². The number of benzene rings is 1. The highest BCUT2D eigenvalue weighted by atomic mass is 16.3. The molecule has 0 saturated carbocycles. The monoisotopic (exact) mass is 216 g/mol. The standard InChI is InChI=1S/C15H20O/c1-11(2)10-14(12(3)4)15(16)13-8-6-5-7-9-13/h5-10,15-16H,1-4H3. The van der Waals surface area contributed by atoms with E-state index >= 15 is 0 Å². The lowest BCUT2D eigenvalue weighted by atomic mass is 9.96. The van der Waals surface area contributed by atoms with Crippen molar-refractivity contribution in [3.8, 4) is 0 Å². The Bertz CT molecular complexity index is 391. The first-order valence-electron chi connectivity index (χ1n) is 5.57. The Morgan fingerprint density at radius 1 is 1.06 bits per heavy atom. The van der Waals surface area contributed by atoms with Crippen LogP contribution in [0.25, 0.3) is 0 Å². The van der Waals surface area contributed by atoms with Crippen molar-refractivity contribution >= 4 is 0 Å². The fourth-order valence-electron chi connectivity index (χ4n) is 1.62. The van der Waals surface area contributed by atoms with Gasteiger partial charge in [0.15, 0.2) is 0 Å². The molecule has 0 aliphatic carbocycles.